The molecule has 0 aromatic heterocycles. The molecule has 0 aliphatic carbocycles. The minimum Gasteiger partial charge on any atom is -0.0928 e. The predicted molar refractivity (Wildman–Crippen MR) is 132 cm³/mol. The average Bonchev–Trinajstić information content (AvgIpc) is 2.77. The van der Waals surface area contributed by atoms with Crippen molar-refractivity contribution in [2.75, 3.05) is 5.33 Å². The molecule has 3 rings (SSSR count). The second-order valence-electron chi connectivity index (χ2n) is 6.80. The molecular weight excluding hydrogens is 423 g/mol. The summed E-state index contributed by atoms with van der Waals surface area (Å²) in [7, 11) is -0.446. The average molecular weight is 455 g/mol. The molecule has 0 nitrogen and oxygen atoms in total. The van der Waals surface area contributed by atoms with Gasteiger partial charge in [-0.1, -0.05) is 146 Å². The summed E-state index contributed by atoms with van der Waals surface area (Å²) in [6.45, 7) is 2.25. The first kappa shape index (κ1) is 22.9. The van der Waals surface area contributed by atoms with Crippen LogP contribution < -0.4 is 15.9 Å². The molecule has 148 valence electrons. The summed E-state index contributed by atoms with van der Waals surface area (Å²) in [5.41, 5.74) is 0. The van der Waals surface area contributed by atoms with Gasteiger partial charge in [-0.15, -0.1) is 0 Å². The van der Waals surface area contributed by atoms with Crippen molar-refractivity contribution in [2.45, 2.75) is 45.4 Å². The van der Waals surface area contributed by atoms with Gasteiger partial charge in [-0.25, -0.2) is 0 Å². The van der Waals surface area contributed by atoms with Crippen LogP contribution in [0.4, 0.5) is 0 Å². The Hall–Kier alpha value is -1.43. The Balaban J connectivity index is 0.000000266. The fraction of sp³-hybridized carbons (Fsp3) is 0.308. The minimum atomic E-state index is -0.446. The smallest absolute Gasteiger partial charge is 0.00313 e. The van der Waals surface area contributed by atoms with Crippen LogP contribution in [0.5, 0.6) is 0 Å². The molecule has 0 radical (unpaired) electrons. The van der Waals surface area contributed by atoms with Crippen LogP contribution in [0.25, 0.3) is 0 Å². The van der Waals surface area contributed by atoms with E-state index >= 15 is 0 Å². The first-order valence-electron chi connectivity index (χ1n) is 10.4. The van der Waals surface area contributed by atoms with Gasteiger partial charge in [-0.2, -0.15) is 0 Å². The lowest BCUT2D eigenvalue weighted by Crippen LogP contribution is -2.20. The van der Waals surface area contributed by atoms with Gasteiger partial charge in [-0.05, 0) is 30.3 Å². The van der Waals surface area contributed by atoms with Crippen molar-refractivity contribution in [2.24, 2.45) is 0 Å². The quantitative estimate of drug-likeness (QED) is 0.182. The van der Waals surface area contributed by atoms with E-state index in [-0.39, 0.29) is 0 Å². The molecule has 0 heterocycles. The van der Waals surface area contributed by atoms with Gasteiger partial charge in [0.25, 0.3) is 0 Å². The zero-order valence-electron chi connectivity index (χ0n) is 16.9. The minimum absolute atomic E-state index is 0.446. The van der Waals surface area contributed by atoms with Gasteiger partial charge < -0.3 is 0 Å². The summed E-state index contributed by atoms with van der Waals surface area (Å²) >= 11 is 3.42. The van der Waals surface area contributed by atoms with Crippen LogP contribution in [0.15, 0.2) is 91.0 Å². The van der Waals surface area contributed by atoms with Crippen molar-refractivity contribution in [3.05, 3.63) is 91.0 Å². The monoisotopic (exact) mass is 454 g/mol. The van der Waals surface area contributed by atoms with E-state index in [4.69, 9.17) is 0 Å². The fourth-order valence-corrected chi connectivity index (χ4v) is 5.75. The Kier molecular flexibility index (Phi) is 11.9. The fourth-order valence-electron chi connectivity index (χ4n) is 3.05. The molecule has 3 aromatic rings. The van der Waals surface area contributed by atoms with Gasteiger partial charge in [-0.3, -0.25) is 0 Å². The van der Waals surface area contributed by atoms with E-state index in [2.05, 4.69) is 114 Å². The zero-order chi connectivity index (χ0) is 19.9. The van der Waals surface area contributed by atoms with Crippen molar-refractivity contribution < 1.29 is 0 Å². The number of hydrogen-bond acceptors (Lipinski definition) is 0. The molecule has 0 fully saturated rings. The lowest BCUT2D eigenvalue weighted by atomic mass is 10.1. The molecule has 0 amide bonds. The van der Waals surface area contributed by atoms with Gasteiger partial charge in [0, 0.05) is 5.33 Å². The van der Waals surface area contributed by atoms with E-state index in [1.165, 1.54) is 59.8 Å². The number of hydrogen-bond donors (Lipinski definition) is 0. The van der Waals surface area contributed by atoms with Crippen LogP contribution in [-0.4, -0.2) is 5.33 Å². The summed E-state index contributed by atoms with van der Waals surface area (Å²) < 4.78 is 0. The van der Waals surface area contributed by atoms with Gasteiger partial charge in [0.05, 0.1) is 0 Å². The number of unbranched alkanes of at least 4 members (excludes halogenated alkanes) is 5. The number of alkyl halides is 1. The van der Waals surface area contributed by atoms with Gasteiger partial charge >= 0.3 is 0 Å². The lowest BCUT2D eigenvalue weighted by molar-refractivity contribution is 0.628. The highest BCUT2D eigenvalue weighted by Crippen LogP contribution is 2.32. The Bertz CT molecular complexity index is 628. The molecular formula is C26H32BrP. The van der Waals surface area contributed by atoms with E-state index in [9.17, 15) is 0 Å². The van der Waals surface area contributed by atoms with E-state index in [0.29, 0.717) is 0 Å². The molecule has 0 atom stereocenters. The first-order chi connectivity index (χ1) is 13.9. The van der Waals surface area contributed by atoms with Gasteiger partial charge in [0.15, 0.2) is 0 Å². The van der Waals surface area contributed by atoms with E-state index in [1.54, 1.807) is 0 Å². The number of benzene rings is 3. The highest BCUT2D eigenvalue weighted by molar-refractivity contribution is 9.09. The highest BCUT2D eigenvalue weighted by atomic mass is 79.9. The Morgan fingerprint density at radius 2 is 0.893 bits per heavy atom. The maximum Gasteiger partial charge on any atom is 0.00313 e. The van der Waals surface area contributed by atoms with Crippen molar-refractivity contribution in [3.8, 4) is 0 Å². The zero-order valence-corrected chi connectivity index (χ0v) is 19.4. The Morgan fingerprint density at radius 3 is 1.25 bits per heavy atom. The lowest BCUT2D eigenvalue weighted by Gasteiger charge is -2.18. The van der Waals surface area contributed by atoms with E-state index < -0.39 is 7.92 Å². The van der Waals surface area contributed by atoms with Crippen molar-refractivity contribution in [3.63, 3.8) is 0 Å². The van der Waals surface area contributed by atoms with E-state index in [0.717, 1.165) is 0 Å². The molecule has 0 aliphatic heterocycles. The molecule has 0 unspecified atom stereocenters. The Labute approximate surface area is 181 Å². The Morgan fingerprint density at radius 1 is 0.536 bits per heavy atom. The second kappa shape index (κ2) is 14.6. The van der Waals surface area contributed by atoms with Gasteiger partial charge in [0.1, 0.15) is 0 Å². The predicted octanol–water partition coefficient (Wildman–Crippen LogP) is 7.19. The third-order valence-corrected chi connectivity index (χ3v) is 7.53. The first-order valence-corrected chi connectivity index (χ1v) is 12.8. The summed E-state index contributed by atoms with van der Waals surface area (Å²) in [4.78, 5) is 0. The van der Waals surface area contributed by atoms with Crippen LogP contribution in [0.3, 0.4) is 0 Å². The third-order valence-electron chi connectivity index (χ3n) is 4.53. The maximum absolute atomic E-state index is 3.42. The van der Waals surface area contributed by atoms with Gasteiger partial charge in [0.2, 0.25) is 0 Å². The second-order valence-corrected chi connectivity index (χ2v) is 9.81. The summed E-state index contributed by atoms with van der Waals surface area (Å²) in [5.74, 6) is 0. The molecule has 3 aromatic carbocycles. The molecule has 0 aliphatic rings. The molecule has 0 N–H and O–H groups in total. The van der Waals surface area contributed by atoms with Crippen LogP contribution in [0, 0.1) is 0 Å². The van der Waals surface area contributed by atoms with Crippen LogP contribution in [0.1, 0.15) is 45.4 Å². The molecule has 0 bridgehead atoms. The molecule has 0 saturated heterocycles. The molecule has 0 spiro atoms. The summed E-state index contributed by atoms with van der Waals surface area (Å²) in [6.07, 6.45) is 8.40. The van der Waals surface area contributed by atoms with E-state index in [1.807, 2.05) is 0 Å². The van der Waals surface area contributed by atoms with Crippen LogP contribution in [-0.2, 0) is 0 Å². The topological polar surface area (TPSA) is 0 Å². The molecule has 0 saturated carbocycles. The number of rotatable bonds is 9. The maximum atomic E-state index is 3.42. The standard InChI is InChI=1S/C18H15P.C8H17Br/c1-4-10-16(11-5-1)19(17-12-6-2-7-13-17)18-14-8-3-9-15-18;1-2-3-4-5-6-7-8-9/h1-15H;2-8H2,1H3. The van der Waals surface area contributed by atoms with Crippen LogP contribution >= 0.6 is 23.9 Å². The van der Waals surface area contributed by atoms with Crippen molar-refractivity contribution in [1.29, 1.82) is 0 Å². The molecule has 2 heteroatoms. The normalized spacial score (nSPS) is 10.4. The number of halogens is 1. The van der Waals surface area contributed by atoms with Crippen LogP contribution in [0.2, 0.25) is 0 Å². The summed E-state index contributed by atoms with van der Waals surface area (Å²) in [5, 5.41) is 5.37. The largest absolute Gasteiger partial charge is 0.0928 e. The molecule has 28 heavy (non-hydrogen) atoms. The highest BCUT2D eigenvalue weighted by Gasteiger charge is 2.14. The van der Waals surface area contributed by atoms with Crippen molar-refractivity contribution in [1.82, 2.24) is 0 Å². The summed E-state index contributed by atoms with van der Waals surface area (Å²) in [6, 6.07) is 32.3. The third kappa shape index (κ3) is 8.29. The SMILES string of the molecule is CCCCCCCCBr.c1ccc(P(c2ccccc2)c2ccccc2)cc1. The van der Waals surface area contributed by atoms with Crippen molar-refractivity contribution >= 4 is 39.8 Å².